The number of piperidine rings is 1. The van der Waals surface area contributed by atoms with E-state index in [0.717, 1.165) is 37.1 Å². The van der Waals surface area contributed by atoms with Gasteiger partial charge in [0, 0.05) is 31.0 Å². The van der Waals surface area contributed by atoms with Crippen LogP contribution in [0.5, 0.6) is 5.75 Å². The van der Waals surface area contributed by atoms with Crippen LogP contribution in [-0.2, 0) is 12.0 Å². The molecule has 3 rings (SSSR count). The number of fused-ring (bicyclic) bond motifs is 4. The molecular formula is C18H24ClNO2. The van der Waals surface area contributed by atoms with Gasteiger partial charge in [0.1, 0.15) is 5.75 Å². The van der Waals surface area contributed by atoms with Crippen molar-refractivity contribution in [2.45, 2.75) is 44.8 Å². The number of aromatic hydroxyl groups is 1. The van der Waals surface area contributed by atoms with E-state index >= 15 is 0 Å². The fourth-order valence-corrected chi connectivity index (χ4v) is 4.19. The Morgan fingerprint density at radius 1 is 1.41 bits per heavy atom. The Kier molecular flexibility index (Phi) is 4.50. The summed E-state index contributed by atoms with van der Waals surface area (Å²) in [5, 5.41) is 21.2. The molecule has 3 nitrogen and oxygen atoms in total. The maximum atomic E-state index is 11.4. The van der Waals surface area contributed by atoms with Crippen LogP contribution in [0.2, 0.25) is 0 Å². The molecule has 1 aliphatic heterocycles. The zero-order valence-electron chi connectivity index (χ0n) is 13.2. The van der Waals surface area contributed by atoms with E-state index in [-0.39, 0.29) is 29.6 Å². The van der Waals surface area contributed by atoms with Gasteiger partial charge in [0.25, 0.3) is 0 Å². The Bertz CT molecular complexity index is 608. The topological polar surface area (TPSA) is 43.7 Å². The third-order valence-corrected chi connectivity index (χ3v) is 5.60. The SMILES string of the molecule is C#CCCN1CCC2(O)c3cc(O)ccc3CC1C2(C)C.Cl. The molecule has 0 amide bonds. The summed E-state index contributed by atoms with van der Waals surface area (Å²) in [5.41, 5.74) is 0.905. The fraction of sp³-hybridized carbons (Fsp3) is 0.556. The quantitative estimate of drug-likeness (QED) is 0.823. The summed E-state index contributed by atoms with van der Waals surface area (Å²) in [5.74, 6) is 2.94. The van der Waals surface area contributed by atoms with Crippen molar-refractivity contribution in [3.05, 3.63) is 29.3 Å². The van der Waals surface area contributed by atoms with Crippen molar-refractivity contribution in [1.82, 2.24) is 4.90 Å². The first-order valence-corrected chi connectivity index (χ1v) is 7.62. The molecule has 1 aromatic carbocycles. The zero-order chi connectivity index (χ0) is 15.3. The number of phenolic OH excluding ortho intramolecular Hbond substituents is 1. The third kappa shape index (κ3) is 2.31. The summed E-state index contributed by atoms with van der Waals surface area (Å²) in [7, 11) is 0. The van der Waals surface area contributed by atoms with Gasteiger partial charge in [0.05, 0.1) is 5.60 Å². The monoisotopic (exact) mass is 321 g/mol. The number of likely N-dealkylation sites (tertiary alicyclic amines) is 1. The van der Waals surface area contributed by atoms with Crippen molar-refractivity contribution >= 4 is 12.4 Å². The van der Waals surface area contributed by atoms with E-state index in [4.69, 9.17) is 6.42 Å². The van der Waals surface area contributed by atoms with Gasteiger partial charge in [-0.05, 0) is 36.1 Å². The molecule has 1 saturated heterocycles. The maximum Gasteiger partial charge on any atom is 0.115 e. The van der Waals surface area contributed by atoms with Crippen LogP contribution >= 0.6 is 12.4 Å². The molecular weight excluding hydrogens is 298 g/mol. The zero-order valence-corrected chi connectivity index (χ0v) is 14.0. The normalized spacial score (nSPS) is 29.1. The highest BCUT2D eigenvalue weighted by atomic mass is 35.5. The molecule has 1 heterocycles. The molecule has 1 aliphatic carbocycles. The second kappa shape index (κ2) is 5.77. The van der Waals surface area contributed by atoms with Crippen LogP contribution in [0.1, 0.15) is 37.8 Å². The summed E-state index contributed by atoms with van der Waals surface area (Å²) in [6, 6.07) is 5.68. The second-order valence-electron chi connectivity index (χ2n) is 6.88. The molecule has 22 heavy (non-hydrogen) atoms. The highest BCUT2D eigenvalue weighted by Crippen LogP contribution is 2.55. The molecule has 2 N–H and O–H groups in total. The maximum absolute atomic E-state index is 11.4. The third-order valence-electron chi connectivity index (χ3n) is 5.60. The summed E-state index contributed by atoms with van der Waals surface area (Å²) in [6.07, 6.45) is 7.73. The number of hydrogen-bond acceptors (Lipinski definition) is 3. The van der Waals surface area contributed by atoms with Gasteiger partial charge in [0.15, 0.2) is 0 Å². The number of aliphatic hydroxyl groups is 1. The Labute approximate surface area is 138 Å². The summed E-state index contributed by atoms with van der Waals surface area (Å²) in [4.78, 5) is 2.42. The molecule has 4 heteroatoms. The van der Waals surface area contributed by atoms with Gasteiger partial charge >= 0.3 is 0 Å². The number of halogens is 1. The van der Waals surface area contributed by atoms with Crippen LogP contribution in [0.3, 0.4) is 0 Å². The standard InChI is InChI=1S/C18H23NO2.ClH/c1-4-5-9-19-10-8-18(21)15-12-14(20)7-6-13(15)11-16(19)17(18,2)3;/h1,6-7,12,16,20-21H,5,8-11H2,2-3H3;1H. The minimum absolute atomic E-state index is 0. The number of rotatable bonds is 2. The highest BCUT2D eigenvalue weighted by Gasteiger charge is 2.57. The van der Waals surface area contributed by atoms with Gasteiger partial charge in [-0.15, -0.1) is 24.8 Å². The van der Waals surface area contributed by atoms with Crippen LogP contribution in [0.15, 0.2) is 18.2 Å². The lowest BCUT2D eigenvalue weighted by Gasteiger charge is -2.59. The lowest BCUT2D eigenvalue weighted by molar-refractivity contribution is -0.164. The van der Waals surface area contributed by atoms with Gasteiger partial charge in [-0.1, -0.05) is 19.9 Å². The number of hydrogen-bond donors (Lipinski definition) is 2. The molecule has 2 aliphatic rings. The summed E-state index contributed by atoms with van der Waals surface area (Å²) < 4.78 is 0. The number of phenols is 1. The summed E-state index contributed by atoms with van der Waals surface area (Å²) in [6.45, 7) is 5.99. The van der Waals surface area contributed by atoms with Crippen molar-refractivity contribution < 1.29 is 10.2 Å². The van der Waals surface area contributed by atoms with Crippen LogP contribution in [0.4, 0.5) is 0 Å². The second-order valence-corrected chi connectivity index (χ2v) is 6.88. The molecule has 120 valence electrons. The minimum Gasteiger partial charge on any atom is -0.508 e. The van der Waals surface area contributed by atoms with Crippen LogP contribution < -0.4 is 0 Å². The minimum atomic E-state index is -0.878. The molecule has 1 fully saturated rings. The Hall–Kier alpha value is -1.21. The van der Waals surface area contributed by atoms with E-state index in [0.29, 0.717) is 6.42 Å². The predicted molar refractivity (Wildman–Crippen MR) is 90.2 cm³/mol. The van der Waals surface area contributed by atoms with E-state index in [1.54, 1.807) is 12.1 Å². The van der Waals surface area contributed by atoms with E-state index in [1.165, 1.54) is 0 Å². The van der Waals surface area contributed by atoms with E-state index in [9.17, 15) is 10.2 Å². The van der Waals surface area contributed by atoms with Gasteiger partial charge in [-0.2, -0.15) is 0 Å². The van der Waals surface area contributed by atoms with Crippen LogP contribution in [0, 0.1) is 17.8 Å². The average molecular weight is 322 g/mol. The molecule has 2 atom stereocenters. The Balaban J connectivity index is 0.00000176. The van der Waals surface area contributed by atoms with Crippen LogP contribution in [0.25, 0.3) is 0 Å². The number of terminal acetylenes is 1. The van der Waals surface area contributed by atoms with Gasteiger partial charge in [-0.3, -0.25) is 4.90 Å². The first-order valence-electron chi connectivity index (χ1n) is 7.62. The highest BCUT2D eigenvalue weighted by molar-refractivity contribution is 5.85. The molecule has 0 spiro atoms. The lowest BCUT2D eigenvalue weighted by atomic mass is 9.56. The fourth-order valence-electron chi connectivity index (χ4n) is 4.19. The molecule has 2 bridgehead atoms. The Morgan fingerprint density at radius 3 is 2.82 bits per heavy atom. The summed E-state index contributed by atoms with van der Waals surface area (Å²) >= 11 is 0. The molecule has 0 radical (unpaired) electrons. The van der Waals surface area contributed by atoms with Crippen molar-refractivity contribution in [3.8, 4) is 18.1 Å². The van der Waals surface area contributed by atoms with Crippen molar-refractivity contribution in [2.75, 3.05) is 13.1 Å². The van der Waals surface area contributed by atoms with Gasteiger partial charge < -0.3 is 10.2 Å². The number of benzene rings is 1. The van der Waals surface area contributed by atoms with Crippen LogP contribution in [-0.4, -0.2) is 34.2 Å². The number of nitrogens with zero attached hydrogens (tertiary/aromatic N) is 1. The van der Waals surface area contributed by atoms with Crippen molar-refractivity contribution in [2.24, 2.45) is 5.41 Å². The first kappa shape index (κ1) is 17.1. The van der Waals surface area contributed by atoms with E-state index < -0.39 is 5.60 Å². The van der Waals surface area contributed by atoms with Gasteiger partial charge in [-0.25, -0.2) is 0 Å². The van der Waals surface area contributed by atoms with Crippen molar-refractivity contribution in [1.29, 1.82) is 0 Å². The Morgan fingerprint density at radius 2 is 2.14 bits per heavy atom. The average Bonchev–Trinajstić information content (AvgIpc) is 2.43. The lowest BCUT2D eigenvalue weighted by Crippen LogP contribution is -2.64. The van der Waals surface area contributed by atoms with Gasteiger partial charge in [0.2, 0.25) is 0 Å². The molecule has 0 aromatic heterocycles. The smallest absolute Gasteiger partial charge is 0.115 e. The van der Waals surface area contributed by atoms with E-state index in [2.05, 4.69) is 24.7 Å². The predicted octanol–water partition coefficient (Wildman–Crippen LogP) is 2.68. The largest absolute Gasteiger partial charge is 0.508 e. The first-order chi connectivity index (χ1) is 9.90. The molecule has 1 aromatic rings. The van der Waals surface area contributed by atoms with Crippen molar-refractivity contribution in [3.63, 3.8) is 0 Å². The molecule has 2 unspecified atom stereocenters. The molecule has 0 saturated carbocycles. The van der Waals surface area contributed by atoms with E-state index in [1.807, 2.05) is 6.07 Å².